The summed E-state index contributed by atoms with van der Waals surface area (Å²) in [7, 11) is 0. The molecule has 3 rings (SSSR count). The molecule has 21 heavy (non-hydrogen) atoms. The molecule has 2 aliphatic carbocycles. The van der Waals surface area contributed by atoms with Gasteiger partial charge in [0.1, 0.15) is 0 Å². The van der Waals surface area contributed by atoms with Gasteiger partial charge in [0.05, 0.1) is 5.41 Å². The number of rotatable bonds is 4. The summed E-state index contributed by atoms with van der Waals surface area (Å²) in [5.74, 6) is 0.276. The largest absolute Gasteiger partial charge is 0.353 e. The highest BCUT2D eigenvalue weighted by Gasteiger charge is 2.44. The van der Waals surface area contributed by atoms with E-state index in [1.807, 2.05) is 6.07 Å². The Kier molecular flexibility index (Phi) is 4.29. The molecule has 2 fully saturated rings. The Morgan fingerprint density at radius 3 is 2.38 bits per heavy atom. The molecular weight excluding hydrogens is 260 g/mol. The first-order valence-electron chi connectivity index (χ1n) is 8.28. The minimum Gasteiger partial charge on any atom is -0.353 e. The van der Waals surface area contributed by atoms with Crippen LogP contribution < -0.4 is 11.1 Å². The van der Waals surface area contributed by atoms with Crippen LogP contribution in [0.1, 0.15) is 50.5 Å². The molecule has 0 bridgehead atoms. The quantitative estimate of drug-likeness (QED) is 0.894. The van der Waals surface area contributed by atoms with Crippen molar-refractivity contribution in [1.29, 1.82) is 0 Å². The number of hydrogen-bond donors (Lipinski definition) is 2. The van der Waals surface area contributed by atoms with Gasteiger partial charge in [-0.25, -0.2) is 0 Å². The lowest BCUT2D eigenvalue weighted by Crippen LogP contribution is -2.51. The lowest BCUT2D eigenvalue weighted by Gasteiger charge is -2.42. The highest BCUT2D eigenvalue weighted by atomic mass is 16.2. The standard InChI is InChI=1S/C18H26N2O/c19-15-7-9-16(10-8-15)20-17(21)18(11-4-12-18)13-14-5-2-1-3-6-14/h1-3,5-6,15-16H,4,7-13,19H2,(H,20,21). The molecule has 0 atom stereocenters. The van der Waals surface area contributed by atoms with Gasteiger partial charge in [-0.2, -0.15) is 0 Å². The number of carbonyl (C=O) groups excluding carboxylic acids is 1. The second-order valence-corrected chi connectivity index (χ2v) is 6.88. The normalized spacial score (nSPS) is 27.7. The van der Waals surface area contributed by atoms with Gasteiger partial charge in [0.15, 0.2) is 0 Å². The first-order valence-corrected chi connectivity index (χ1v) is 8.28. The summed E-state index contributed by atoms with van der Waals surface area (Å²) in [5, 5.41) is 3.31. The first-order chi connectivity index (χ1) is 10.2. The smallest absolute Gasteiger partial charge is 0.226 e. The van der Waals surface area contributed by atoms with Gasteiger partial charge in [-0.15, -0.1) is 0 Å². The zero-order valence-corrected chi connectivity index (χ0v) is 12.7. The maximum atomic E-state index is 12.8. The number of carbonyl (C=O) groups is 1. The van der Waals surface area contributed by atoms with Crippen molar-refractivity contribution in [3.8, 4) is 0 Å². The zero-order valence-electron chi connectivity index (χ0n) is 12.7. The summed E-state index contributed by atoms with van der Waals surface area (Å²) in [6.45, 7) is 0. The molecule has 0 heterocycles. The maximum Gasteiger partial charge on any atom is 0.226 e. The van der Waals surface area contributed by atoms with Crippen LogP contribution in [0.15, 0.2) is 30.3 Å². The lowest BCUT2D eigenvalue weighted by molar-refractivity contribution is -0.137. The van der Waals surface area contributed by atoms with Gasteiger partial charge in [0.2, 0.25) is 5.91 Å². The van der Waals surface area contributed by atoms with Crippen LogP contribution in [-0.4, -0.2) is 18.0 Å². The Labute approximate surface area is 127 Å². The monoisotopic (exact) mass is 286 g/mol. The van der Waals surface area contributed by atoms with Gasteiger partial charge in [0, 0.05) is 12.1 Å². The molecule has 114 valence electrons. The number of hydrogen-bond acceptors (Lipinski definition) is 2. The number of amides is 1. The summed E-state index contributed by atoms with van der Waals surface area (Å²) in [4.78, 5) is 12.8. The number of nitrogens with two attached hydrogens (primary N) is 1. The van der Waals surface area contributed by atoms with Crippen LogP contribution >= 0.6 is 0 Å². The summed E-state index contributed by atoms with van der Waals surface area (Å²) in [5.41, 5.74) is 7.06. The van der Waals surface area contributed by atoms with Crippen molar-refractivity contribution in [2.24, 2.45) is 11.1 Å². The van der Waals surface area contributed by atoms with Gasteiger partial charge in [0.25, 0.3) is 0 Å². The van der Waals surface area contributed by atoms with E-state index < -0.39 is 0 Å². The fourth-order valence-corrected chi connectivity index (χ4v) is 3.68. The Balaban J connectivity index is 1.61. The summed E-state index contributed by atoms with van der Waals surface area (Å²) in [6.07, 6.45) is 8.26. The fourth-order valence-electron chi connectivity index (χ4n) is 3.68. The third-order valence-electron chi connectivity index (χ3n) is 5.28. The average Bonchev–Trinajstić information content (AvgIpc) is 2.46. The van der Waals surface area contributed by atoms with Crippen LogP contribution in [0.4, 0.5) is 0 Å². The molecule has 0 unspecified atom stereocenters. The van der Waals surface area contributed by atoms with E-state index in [2.05, 4.69) is 29.6 Å². The van der Waals surface area contributed by atoms with Crippen LogP contribution in [0.5, 0.6) is 0 Å². The van der Waals surface area contributed by atoms with E-state index >= 15 is 0 Å². The summed E-state index contributed by atoms with van der Waals surface area (Å²) < 4.78 is 0. The van der Waals surface area contributed by atoms with Crippen molar-refractivity contribution in [3.63, 3.8) is 0 Å². The van der Waals surface area contributed by atoms with Gasteiger partial charge < -0.3 is 11.1 Å². The Hall–Kier alpha value is -1.35. The molecule has 1 aromatic carbocycles. The summed E-state index contributed by atoms with van der Waals surface area (Å²) >= 11 is 0. The van der Waals surface area contributed by atoms with Gasteiger partial charge in [-0.05, 0) is 50.5 Å². The molecule has 1 aromatic rings. The van der Waals surface area contributed by atoms with Gasteiger partial charge in [-0.3, -0.25) is 4.79 Å². The Morgan fingerprint density at radius 1 is 1.14 bits per heavy atom. The van der Waals surface area contributed by atoms with Gasteiger partial charge in [-0.1, -0.05) is 36.8 Å². The highest BCUT2D eigenvalue weighted by molar-refractivity contribution is 5.84. The number of benzene rings is 1. The molecule has 0 radical (unpaired) electrons. The second-order valence-electron chi connectivity index (χ2n) is 6.88. The minimum absolute atomic E-state index is 0.152. The Bertz CT molecular complexity index is 473. The maximum absolute atomic E-state index is 12.8. The van der Waals surface area contributed by atoms with E-state index in [1.54, 1.807) is 0 Å². The van der Waals surface area contributed by atoms with Crippen molar-refractivity contribution in [1.82, 2.24) is 5.32 Å². The van der Waals surface area contributed by atoms with E-state index in [0.29, 0.717) is 12.1 Å². The topological polar surface area (TPSA) is 55.1 Å². The molecule has 0 spiro atoms. The number of nitrogens with one attached hydrogen (secondary N) is 1. The molecular formula is C18H26N2O. The molecule has 3 heteroatoms. The summed E-state index contributed by atoms with van der Waals surface area (Å²) in [6, 6.07) is 11.1. The van der Waals surface area contributed by atoms with Crippen LogP contribution in [0.2, 0.25) is 0 Å². The zero-order chi connectivity index (χ0) is 14.7. The fraction of sp³-hybridized carbons (Fsp3) is 0.611. The Morgan fingerprint density at radius 2 is 1.81 bits per heavy atom. The molecule has 2 saturated carbocycles. The molecule has 3 N–H and O–H groups in total. The molecule has 1 amide bonds. The van der Waals surface area contributed by atoms with Gasteiger partial charge >= 0.3 is 0 Å². The van der Waals surface area contributed by atoms with E-state index in [1.165, 1.54) is 12.0 Å². The van der Waals surface area contributed by atoms with Crippen molar-refractivity contribution < 1.29 is 4.79 Å². The van der Waals surface area contributed by atoms with Crippen LogP contribution in [0.25, 0.3) is 0 Å². The molecule has 0 saturated heterocycles. The van der Waals surface area contributed by atoms with Crippen LogP contribution in [0, 0.1) is 5.41 Å². The minimum atomic E-state index is -0.152. The lowest BCUT2D eigenvalue weighted by atomic mass is 9.64. The van der Waals surface area contributed by atoms with Crippen molar-refractivity contribution in [3.05, 3.63) is 35.9 Å². The second kappa shape index (κ2) is 6.18. The average molecular weight is 286 g/mol. The van der Waals surface area contributed by atoms with E-state index in [-0.39, 0.29) is 11.3 Å². The predicted octanol–water partition coefficient (Wildman–Crippen LogP) is 2.79. The molecule has 2 aliphatic rings. The van der Waals surface area contributed by atoms with Crippen LogP contribution in [0.3, 0.4) is 0 Å². The third-order valence-corrected chi connectivity index (χ3v) is 5.28. The highest BCUT2D eigenvalue weighted by Crippen LogP contribution is 2.44. The first kappa shape index (κ1) is 14.6. The predicted molar refractivity (Wildman–Crippen MR) is 84.8 cm³/mol. The SMILES string of the molecule is NC1CCC(NC(=O)C2(Cc3ccccc3)CCC2)CC1. The van der Waals surface area contributed by atoms with E-state index in [4.69, 9.17) is 5.73 Å². The molecule has 0 aromatic heterocycles. The van der Waals surface area contributed by atoms with E-state index in [9.17, 15) is 4.79 Å². The van der Waals surface area contributed by atoms with Crippen LogP contribution in [-0.2, 0) is 11.2 Å². The van der Waals surface area contributed by atoms with Crippen molar-refractivity contribution in [2.75, 3.05) is 0 Å². The van der Waals surface area contributed by atoms with Crippen molar-refractivity contribution in [2.45, 2.75) is 63.5 Å². The van der Waals surface area contributed by atoms with E-state index in [0.717, 1.165) is 44.9 Å². The molecule has 3 nitrogen and oxygen atoms in total. The molecule has 0 aliphatic heterocycles. The van der Waals surface area contributed by atoms with Crippen molar-refractivity contribution >= 4 is 5.91 Å². The third kappa shape index (κ3) is 3.29.